The molecular formula is C17H24F2N4O3. The first-order valence-corrected chi connectivity index (χ1v) is 8.72. The van der Waals surface area contributed by atoms with Crippen molar-refractivity contribution in [2.75, 3.05) is 26.4 Å². The third kappa shape index (κ3) is 4.46. The molecule has 1 saturated heterocycles. The van der Waals surface area contributed by atoms with Gasteiger partial charge in [-0.3, -0.25) is 4.90 Å². The fraction of sp³-hybridized carbons (Fsp3) is 0.588. The Morgan fingerprint density at radius 1 is 1.42 bits per heavy atom. The highest BCUT2D eigenvalue weighted by molar-refractivity contribution is 5.77. The maximum absolute atomic E-state index is 12.6. The Morgan fingerprint density at radius 2 is 2.19 bits per heavy atom. The van der Waals surface area contributed by atoms with Gasteiger partial charge in [-0.2, -0.15) is 8.78 Å². The van der Waals surface area contributed by atoms with Crippen LogP contribution >= 0.6 is 0 Å². The van der Waals surface area contributed by atoms with Gasteiger partial charge in [-0.25, -0.2) is 4.99 Å². The van der Waals surface area contributed by atoms with Crippen molar-refractivity contribution in [3.8, 4) is 17.2 Å². The van der Waals surface area contributed by atoms with Crippen molar-refractivity contribution in [2.24, 2.45) is 10.7 Å². The molecule has 1 aromatic carbocycles. The summed E-state index contributed by atoms with van der Waals surface area (Å²) in [5.74, 6) is 1.13. The normalized spacial score (nSPS) is 20.0. The van der Waals surface area contributed by atoms with E-state index in [1.807, 2.05) is 0 Å². The minimum Gasteiger partial charge on any atom is -0.454 e. The van der Waals surface area contributed by atoms with E-state index in [4.69, 9.17) is 15.2 Å². The van der Waals surface area contributed by atoms with Crippen molar-refractivity contribution in [1.82, 2.24) is 10.2 Å². The van der Waals surface area contributed by atoms with Crippen molar-refractivity contribution in [3.63, 3.8) is 0 Å². The lowest BCUT2D eigenvalue weighted by molar-refractivity contribution is -0.0505. The van der Waals surface area contributed by atoms with E-state index in [1.165, 1.54) is 12.5 Å². The van der Waals surface area contributed by atoms with Crippen LogP contribution in [0.1, 0.15) is 25.3 Å². The smallest absolute Gasteiger partial charge is 0.387 e. The SMILES string of the molecule is CCN1CCCC1CNC(N)=NCc1cc2c(cc1OC(F)F)OCO2. The Balaban J connectivity index is 1.63. The maximum atomic E-state index is 12.6. The number of nitrogens with zero attached hydrogens (tertiary/aromatic N) is 2. The van der Waals surface area contributed by atoms with Gasteiger partial charge in [-0.05, 0) is 32.0 Å². The molecule has 1 unspecified atom stereocenters. The predicted molar refractivity (Wildman–Crippen MR) is 92.8 cm³/mol. The van der Waals surface area contributed by atoms with Crippen LogP contribution in [-0.2, 0) is 6.54 Å². The standard InChI is InChI=1S/C17H24F2N4O3/c1-2-23-5-3-4-12(23)9-22-17(20)21-8-11-6-14-15(25-10-24-14)7-13(11)26-16(18)19/h6-7,12,16H,2-5,8-10H2,1H3,(H3,20,21,22). The Bertz CT molecular complexity index is 657. The second-order valence-electron chi connectivity index (χ2n) is 6.20. The third-order valence-electron chi connectivity index (χ3n) is 4.62. The van der Waals surface area contributed by atoms with E-state index in [1.54, 1.807) is 6.07 Å². The maximum Gasteiger partial charge on any atom is 0.387 e. The Morgan fingerprint density at radius 3 is 2.92 bits per heavy atom. The molecule has 26 heavy (non-hydrogen) atoms. The molecule has 2 aliphatic rings. The monoisotopic (exact) mass is 370 g/mol. The molecule has 1 aromatic rings. The van der Waals surface area contributed by atoms with Gasteiger partial charge < -0.3 is 25.3 Å². The number of ether oxygens (including phenoxy) is 3. The summed E-state index contributed by atoms with van der Waals surface area (Å²) in [6, 6.07) is 3.42. The van der Waals surface area contributed by atoms with Gasteiger partial charge in [-0.1, -0.05) is 6.92 Å². The van der Waals surface area contributed by atoms with Gasteiger partial charge in [-0.15, -0.1) is 0 Å². The summed E-state index contributed by atoms with van der Waals surface area (Å²) in [7, 11) is 0. The zero-order valence-corrected chi connectivity index (χ0v) is 14.7. The van der Waals surface area contributed by atoms with Gasteiger partial charge in [0.1, 0.15) is 5.75 Å². The van der Waals surface area contributed by atoms with Gasteiger partial charge in [0, 0.05) is 24.2 Å². The molecule has 0 saturated carbocycles. The van der Waals surface area contributed by atoms with Gasteiger partial charge >= 0.3 is 6.61 Å². The number of hydrogen-bond acceptors (Lipinski definition) is 5. The molecule has 7 nitrogen and oxygen atoms in total. The highest BCUT2D eigenvalue weighted by Crippen LogP contribution is 2.39. The van der Waals surface area contributed by atoms with Crippen LogP contribution in [0.25, 0.3) is 0 Å². The molecule has 3 rings (SSSR count). The largest absolute Gasteiger partial charge is 0.454 e. The molecule has 2 heterocycles. The van der Waals surface area contributed by atoms with Crippen LogP contribution in [0.4, 0.5) is 8.78 Å². The molecule has 0 radical (unpaired) electrons. The number of aliphatic imine (C=N–C) groups is 1. The van der Waals surface area contributed by atoms with Crippen LogP contribution in [0.5, 0.6) is 17.2 Å². The van der Waals surface area contributed by atoms with Crippen LogP contribution in [-0.4, -0.2) is 49.9 Å². The van der Waals surface area contributed by atoms with Crippen molar-refractivity contribution < 1.29 is 23.0 Å². The lowest BCUT2D eigenvalue weighted by Gasteiger charge is -2.23. The number of benzene rings is 1. The van der Waals surface area contributed by atoms with Crippen molar-refractivity contribution >= 4 is 5.96 Å². The van der Waals surface area contributed by atoms with Gasteiger partial charge in [0.2, 0.25) is 6.79 Å². The first-order valence-electron chi connectivity index (χ1n) is 8.72. The van der Waals surface area contributed by atoms with Crippen molar-refractivity contribution in [2.45, 2.75) is 39.0 Å². The molecular weight excluding hydrogens is 346 g/mol. The molecule has 0 aliphatic carbocycles. The molecule has 9 heteroatoms. The fourth-order valence-corrected chi connectivity index (χ4v) is 3.29. The number of nitrogens with one attached hydrogen (secondary N) is 1. The Labute approximate surface area is 151 Å². The zero-order valence-electron chi connectivity index (χ0n) is 14.7. The average molecular weight is 370 g/mol. The molecule has 144 valence electrons. The van der Waals surface area contributed by atoms with Crippen LogP contribution in [0, 0.1) is 0 Å². The topological polar surface area (TPSA) is 81.3 Å². The second kappa shape index (κ2) is 8.39. The number of hydrogen-bond donors (Lipinski definition) is 2. The Hall–Kier alpha value is -2.29. The van der Waals surface area contributed by atoms with Gasteiger partial charge in [0.05, 0.1) is 6.54 Å². The van der Waals surface area contributed by atoms with E-state index in [0.717, 1.165) is 19.5 Å². The molecule has 1 atom stereocenters. The molecule has 0 amide bonds. The van der Waals surface area contributed by atoms with Crippen LogP contribution in [0.3, 0.4) is 0 Å². The number of rotatable bonds is 7. The van der Waals surface area contributed by atoms with Crippen molar-refractivity contribution in [1.29, 1.82) is 0 Å². The first kappa shape index (κ1) is 18.5. The summed E-state index contributed by atoms with van der Waals surface area (Å²) in [5, 5.41) is 3.11. The number of alkyl halides is 2. The number of likely N-dealkylation sites (N-methyl/N-ethyl adjacent to an activating group) is 1. The minimum absolute atomic E-state index is 0.00810. The minimum atomic E-state index is -2.93. The summed E-state index contributed by atoms with van der Waals surface area (Å²) < 4.78 is 40.3. The van der Waals surface area contributed by atoms with E-state index in [9.17, 15) is 8.78 Å². The molecule has 1 fully saturated rings. The molecule has 0 aromatic heterocycles. The third-order valence-corrected chi connectivity index (χ3v) is 4.62. The molecule has 3 N–H and O–H groups in total. The number of fused-ring (bicyclic) bond motifs is 1. The fourth-order valence-electron chi connectivity index (χ4n) is 3.29. The van der Waals surface area contributed by atoms with Crippen LogP contribution < -0.4 is 25.3 Å². The highest BCUT2D eigenvalue weighted by Gasteiger charge is 2.23. The summed E-state index contributed by atoms with van der Waals surface area (Å²) in [6.45, 7) is 2.18. The molecule has 2 aliphatic heterocycles. The highest BCUT2D eigenvalue weighted by atomic mass is 19.3. The summed E-state index contributed by atoms with van der Waals surface area (Å²) in [6.07, 6.45) is 2.31. The molecule has 0 bridgehead atoms. The second-order valence-corrected chi connectivity index (χ2v) is 6.20. The zero-order chi connectivity index (χ0) is 18.5. The molecule has 0 spiro atoms. The quantitative estimate of drug-likeness (QED) is 0.564. The van der Waals surface area contributed by atoms with Crippen LogP contribution in [0.15, 0.2) is 17.1 Å². The Kier molecular flexibility index (Phi) is 5.97. The predicted octanol–water partition coefficient (Wildman–Crippen LogP) is 1.91. The summed E-state index contributed by atoms with van der Waals surface area (Å²) in [5.41, 5.74) is 6.38. The number of halogens is 2. The number of nitrogens with two attached hydrogens (primary N) is 1. The van der Waals surface area contributed by atoms with E-state index >= 15 is 0 Å². The summed E-state index contributed by atoms with van der Waals surface area (Å²) in [4.78, 5) is 6.64. The average Bonchev–Trinajstić information content (AvgIpc) is 3.25. The van der Waals surface area contributed by atoms with E-state index in [2.05, 4.69) is 26.9 Å². The van der Waals surface area contributed by atoms with Gasteiger partial charge in [0.25, 0.3) is 0 Å². The van der Waals surface area contributed by atoms with E-state index in [0.29, 0.717) is 29.6 Å². The summed E-state index contributed by atoms with van der Waals surface area (Å²) >= 11 is 0. The van der Waals surface area contributed by atoms with Crippen molar-refractivity contribution in [3.05, 3.63) is 17.7 Å². The number of guanidine groups is 1. The lowest BCUT2D eigenvalue weighted by Crippen LogP contribution is -2.42. The van der Waals surface area contributed by atoms with Crippen LogP contribution in [0.2, 0.25) is 0 Å². The van der Waals surface area contributed by atoms with E-state index in [-0.39, 0.29) is 25.0 Å². The number of likely N-dealkylation sites (tertiary alicyclic amines) is 1. The van der Waals surface area contributed by atoms with Gasteiger partial charge in [0.15, 0.2) is 17.5 Å². The lowest BCUT2D eigenvalue weighted by atomic mass is 10.1. The first-order chi connectivity index (χ1) is 12.6. The van der Waals surface area contributed by atoms with E-state index < -0.39 is 6.61 Å².